The molecule has 1 aromatic carbocycles. The van der Waals surface area contributed by atoms with Crippen LogP contribution in [0.15, 0.2) is 52.4 Å². The van der Waals surface area contributed by atoms with Crippen molar-refractivity contribution >= 4 is 49.8 Å². The van der Waals surface area contributed by atoms with Crippen LogP contribution in [0.1, 0.15) is 10.9 Å². The number of halogens is 1. The van der Waals surface area contributed by atoms with E-state index in [1.165, 1.54) is 0 Å². The van der Waals surface area contributed by atoms with Crippen LogP contribution in [0, 0.1) is 0 Å². The van der Waals surface area contributed by atoms with Crippen LogP contribution in [-0.4, -0.2) is 42.1 Å². The van der Waals surface area contributed by atoms with Gasteiger partial charge in [-0.25, -0.2) is 0 Å². The fourth-order valence-corrected chi connectivity index (χ4v) is 4.71. The van der Waals surface area contributed by atoms with Crippen molar-refractivity contribution in [1.29, 1.82) is 0 Å². The van der Waals surface area contributed by atoms with E-state index in [0.29, 0.717) is 18.9 Å². The van der Waals surface area contributed by atoms with E-state index < -0.39 is 0 Å². The van der Waals surface area contributed by atoms with Crippen molar-refractivity contribution in [3.63, 3.8) is 0 Å². The number of hydrogen-bond donors (Lipinski definition) is 1. The molecule has 3 aromatic rings. The van der Waals surface area contributed by atoms with Gasteiger partial charge in [-0.1, -0.05) is 18.2 Å². The Morgan fingerprint density at radius 2 is 2.08 bits per heavy atom. The maximum atomic E-state index is 13.1. The molecule has 1 aliphatic rings. The van der Waals surface area contributed by atoms with E-state index in [4.69, 9.17) is 4.74 Å². The molecule has 1 amide bonds. The third kappa shape index (κ3) is 3.81. The number of amides is 1. The van der Waals surface area contributed by atoms with Crippen molar-refractivity contribution in [2.24, 2.45) is 0 Å². The number of rotatable bonds is 4. The first-order valence-electron chi connectivity index (χ1n) is 8.42. The van der Waals surface area contributed by atoms with Crippen LogP contribution in [0.2, 0.25) is 0 Å². The molecule has 1 saturated heterocycles. The third-order valence-corrected chi connectivity index (χ3v) is 6.12. The van der Waals surface area contributed by atoms with Crippen molar-refractivity contribution < 1.29 is 9.53 Å². The zero-order valence-electron chi connectivity index (χ0n) is 14.0. The molecule has 0 saturated carbocycles. The molecule has 0 bridgehead atoms. The number of thiophene rings is 1. The first-order chi connectivity index (χ1) is 12.7. The Morgan fingerprint density at radius 1 is 1.27 bits per heavy atom. The molecule has 1 aliphatic heterocycles. The highest BCUT2D eigenvalue weighted by Crippen LogP contribution is 2.31. The van der Waals surface area contributed by atoms with Crippen molar-refractivity contribution in [3.05, 3.63) is 57.3 Å². The molecule has 1 fully saturated rings. The number of anilines is 1. The minimum atomic E-state index is -0.332. The summed E-state index contributed by atoms with van der Waals surface area (Å²) in [7, 11) is 0. The van der Waals surface area contributed by atoms with Gasteiger partial charge in [0.25, 0.3) is 0 Å². The Kier molecular flexibility index (Phi) is 5.31. The summed E-state index contributed by atoms with van der Waals surface area (Å²) in [5, 5.41) is 6.06. The highest BCUT2D eigenvalue weighted by molar-refractivity contribution is 9.10. The molecule has 1 N–H and O–H groups in total. The maximum Gasteiger partial charge on any atom is 0.247 e. The number of carbonyl (C=O) groups excluding carboxylic acids is 1. The van der Waals surface area contributed by atoms with Crippen molar-refractivity contribution in [2.75, 3.05) is 31.6 Å². The SMILES string of the molecule is O=C(Nc1cnc2ccccc2c1)C(c1cc(Br)cs1)N1CCOCC1. The van der Waals surface area contributed by atoms with E-state index in [9.17, 15) is 4.79 Å². The summed E-state index contributed by atoms with van der Waals surface area (Å²) in [5.41, 5.74) is 1.62. The van der Waals surface area contributed by atoms with E-state index in [0.717, 1.165) is 33.3 Å². The van der Waals surface area contributed by atoms with Gasteiger partial charge >= 0.3 is 0 Å². The molecular weight excluding hydrogens is 414 g/mol. The highest BCUT2D eigenvalue weighted by atomic mass is 79.9. The minimum Gasteiger partial charge on any atom is -0.379 e. The van der Waals surface area contributed by atoms with Crippen LogP contribution in [0.5, 0.6) is 0 Å². The van der Waals surface area contributed by atoms with E-state index in [-0.39, 0.29) is 11.9 Å². The number of pyridine rings is 1. The van der Waals surface area contributed by atoms with E-state index in [2.05, 4.69) is 31.1 Å². The van der Waals surface area contributed by atoms with E-state index in [1.54, 1.807) is 17.5 Å². The van der Waals surface area contributed by atoms with Crippen LogP contribution in [-0.2, 0) is 9.53 Å². The molecule has 0 aliphatic carbocycles. The summed E-state index contributed by atoms with van der Waals surface area (Å²) in [4.78, 5) is 20.7. The zero-order valence-corrected chi connectivity index (χ0v) is 16.4. The lowest BCUT2D eigenvalue weighted by Gasteiger charge is -2.33. The Labute approximate surface area is 164 Å². The summed E-state index contributed by atoms with van der Waals surface area (Å²) in [6.45, 7) is 2.77. The third-order valence-electron chi connectivity index (χ3n) is 4.37. The molecular formula is C19H18BrN3O2S. The second-order valence-electron chi connectivity index (χ2n) is 6.12. The standard InChI is InChI=1S/C19H18BrN3O2S/c20-14-10-17(26-12-14)18(23-5-7-25-8-6-23)19(24)22-15-9-13-3-1-2-4-16(13)21-11-15/h1-4,9-12,18H,5-8H2,(H,22,24). The number of nitrogens with zero attached hydrogens (tertiary/aromatic N) is 2. The summed E-state index contributed by atoms with van der Waals surface area (Å²) in [6.07, 6.45) is 1.71. The molecule has 0 spiro atoms. The first kappa shape index (κ1) is 17.6. The predicted octanol–water partition coefficient (Wildman–Crippen LogP) is 4.07. The van der Waals surface area contributed by atoms with Gasteiger partial charge in [-0.15, -0.1) is 11.3 Å². The van der Waals surface area contributed by atoms with Gasteiger partial charge in [0.05, 0.1) is 30.6 Å². The fourth-order valence-electron chi connectivity index (χ4n) is 3.13. The number of nitrogens with one attached hydrogen (secondary N) is 1. The minimum absolute atomic E-state index is 0.0432. The zero-order chi connectivity index (χ0) is 17.9. The van der Waals surface area contributed by atoms with E-state index in [1.807, 2.05) is 41.8 Å². The molecule has 4 rings (SSSR count). The molecule has 26 heavy (non-hydrogen) atoms. The van der Waals surface area contributed by atoms with Gasteiger partial charge in [-0.05, 0) is 34.1 Å². The summed E-state index contributed by atoms with van der Waals surface area (Å²) < 4.78 is 6.44. The summed E-state index contributed by atoms with van der Waals surface area (Å²) in [5.74, 6) is -0.0432. The number of benzene rings is 1. The first-order valence-corrected chi connectivity index (χ1v) is 10.1. The number of hydrogen-bond acceptors (Lipinski definition) is 5. The van der Waals surface area contributed by atoms with Crippen LogP contribution < -0.4 is 5.32 Å². The van der Waals surface area contributed by atoms with Crippen molar-refractivity contribution in [3.8, 4) is 0 Å². The molecule has 5 nitrogen and oxygen atoms in total. The number of aromatic nitrogens is 1. The fraction of sp³-hybridized carbons (Fsp3) is 0.263. The predicted molar refractivity (Wildman–Crippen MR) is 108 cm³/mol. The van der Waals surface area contributed by atoms with Crippen LogP contribution in [0.25, 0.3) is 10.9 Å². The Hall–Kier alpha value is -1.80. The number of carbonyl (C=O) groups is 1. The average Bonchev–Trinajstić information content (AvgIpc) is 3.08. The lowest BCUT2D eigenvalue weighted by Crippen LogP contribution is -2.43. The van der Waals surface area contributed by atoms with Gasteiger partial charge in [0.1, 0.15) is 6.04 Å². The van der Waals surface area contributed by atoms with E-state index >= 15 is 0 Å². The van der Waals surface area contributed by atoms with Gasteiger partial charge in [-0.2, -0.15) is 0 Å². The number of morpholine rings is 1. The quantitative estimate of drug-likeness (QED) is 0.676. The number of fused-ring (bicyclic) bond motifs is 1. The topological polar surface area (TPSA) is 54.5 Å². The van der Waals surface area contributed by atoms with Crippen molar-refractivity contribution in [1.82, 2.24) is 9.88 Å². The molecule has 7 heteroatoms. The second-order valence-corrected chi connectivity index (χ2v) is 7.98. The average molecular weight is 432 g/mol. The van der Waals surface area contributed by atoms with Gasteiger partial charge < -0.3 is 10.1 Å². The molecule has 1 unspecified atom stereocenters. The molecule has 134 valence electrons. The van der Waals surface area contributed by atoms with Gasteiger partial charge in [0, 0.05) is 33.2 Å². The van der Waals surface area contributed by atoms with Crippen LogP contribution in [0.4, 0.5) is 5.69 Å². The molecule has 0 radical (unpaired) electrons. The Balaban J connectivity index is 1.60. The molecule has 1 atom stereocenters. The number of para-hydroxylation sites is 1. The lowest BCUT2D eigenvalue weighted by atomic mass is 10.1. The number of ether oxygens (including phenoxy) is 1. The van der Waals surface area contributed by atoms with Gasteiger partial charge in [-0.3, -0.25) is 14.7 Å². The van der Waals surface area contributed by atoms with Crippen molar-refractivity contribution in [2.45, 2.75) is 6.04 Å². The second kappa shape index (κ2) is 7.84. The highest BCUT2D eigenvalue weighted by Gasteiger charge is 2.30. The van der Waals surface area contributed by atoms with Gasteiger partial charge in [0.2, 0.25) is 5.91 Å². The summed E-state index contributed by atoms with van der Waals surface area (Å²) >= 11 is 5.08. The molecule has 2 aromatic heterocycles. The summed E-state index contributed by atoms with van der Waals surface area (Å²) in [6, 6.07) is 11.5. The largest absolute Gasteiger partial charge is 0.379 e. The van der Waals surface area contributed by atoms with Crippen LogP contribution >= 0.6 is 27.3 Å². The normalized spacial score (nSPS) is 16.5. The Morgan fingerprint density at radius 3 is 2.85 bits per heavy atom. The monoisotopic (exact) mass is 431 g/mol. The maximum absolute atomic E-state index is 13.1. The lowest BCUT2D eigenvalue weighted by molar-refractivity contribution is -0.123. The molecule has 3 heterocycles. The smallest absolute Gasteiger partial charge is 0.247 e. The van der Waals surface area contributed by atoms with Gasteiger partial charge in [0.15, 0.2) is 0 Å². The van der Waals surface area contributed by atoms with Crippen LogP contribution in [0.3, 0.4) is 0 Å². The Bertz CT molecular complexity index is 924.